The lowest BCUT2D eigenvalue weighted by molar-refractivity contribution is -0.126. The van der Waals surface area contributed by atoms with E-state index in [1.54, 1.807) is 7.05 Å². The molecule has 0 aromatic carbocycles. The third kappa shape index (κ3) is 3.87. The molecule has 19 heavy (non-hydrogen) atoms. The summed E-state index contributed by atoms with van der Waals surface area (Å²) in [4.78, 5) is 26.6. The van der Waals surface area contributed by atoms with Crippen LogP contribution < -0.4 is 5.32 Å². The largest absolute Gasteiger partial charge is 0.359 e. The quantitative estimate of drug-likeness (QED) is 0.851. The number of nitrogens with one attached hydrogen (secondary N) is 1. The van der Waals surface area contributed by atoms with Crippen molar-refractivity contribution in [3.8, 4) is 0 Å². The van der Waals surface area contributed by atoms with E-state index >= 15 is 0 Å². The summed E-state index contributed by atoms with van der Waals surface area (Å²) in [5, 5.41) is 2.69. The number of nitrogens with zero attached hydrogens (tertiary/aromatic N) is 1. The van der Waals surface area contributed by atoms with Crippen molar-refractivity contribution < 1.29 is 9.59 Å². The number of thiophene rings is 1. The molecule has 1 saturated heterocycles. The Morgan fingerprint density at radius 1 is 1.53 bits per heavy atom. The highest BCUT2D eigenvalue weighted by Gasteiger charge is 2.26. The second-order valence-electron chi connectivity index (χ2n) is 4.72. The van der Waals surface area contributed by atoms with E-state index in [0.717, 1.165) is 28.0 Å². The number of likely N-dealkylation sites (tertiary alicyclic amines) is 1. The molecule has 1 N–H and O–H groups in total. The lowest BCUT2D eigenvalue weighted by Gasteiger charge is -2.31. The van der Waals surface area contributed by atoms with Gasteiger partial charge in [-0.1, -0.05) is 0 Å². The number of halogens is 1. The molecule has 4 nitrogen and oxygen atoms in total. The molecule has 1 aromatic heterocycles. The van der Waals surface area contributed by atoms with Crippen LogP contribution in [0.5, 0.6) is 0 Å². The van der Waals surface area contributed by atoms with Crippen LogP contribution in [0.1, 0.15) is 22.5 Å². The minimum atomic E-state index is 0.0154. The number of carbonyl (C=O) groups excluding carboxylic acids is 2. The van der Waals surface area contributed by atoms with Crippen molar-refractivity contribution in [1.29, 1.82) is 0 Å². The number of ketones is 1. The van der Waals surface area contributed by atoms with Gasteiger partial charge in [-0.15, -0.1) is 11.3 Å². The van der Waals surface area contributed by atoms with E-state index in [1.165, 1.54) is 11.3 Å². The highest BCUT2D eigenvalue weighted by atomic mass is 79.9. The average Bonchev–Trinajstić information content (AvgIpc) is 2.85. The molecule has 1 aliphatic rings. The van der Waals surface area contributed by atoms with Crippen LogP contribution in [-0.2, 0) is 4.79 Å². The molecule has 0 spiro atoms. The normalized spacial score (nSPS) is 20.2. The van der Waals surface area contributed by atoms with Gasteiger partial charge in [-0.05, 0) is 47.4 Å². The van der Waals surface area contributed by atoms with Gasteiger partial charge in [0.15, 0.2) is 5.78 Å². The van der Waals surface area contributed by atoms with Crippen LogP contribution in [0.3, 0.4) is 0 Å². The van der Waals surface area contributed by atoms with Gasteiger partial charge in [-0.2, -0.15) is 0 Å². The van der Waals surface area contributed by atoms with E-state index in [2.05, 4.69) is 26.1 Å². The summed E-state index contributed by atoms with van der Waals surface area (Å²) in [6.45, 7) is 1.98. The van der Waals surface area contributed by atoms with E-state index in [1.807, 2.05) is 12.1 Å². The highest BCUT2D eigenvalue weighted by molar-refractivity contribution is 9.11. The Kier molecular flexibility index (Phi) is 5.13. The van der Waals surface area contributed by atoms with E-state index in [9.17, 15) is 9.59 Å². The van der Waals surface area contributed by atoms with Crippen molar-refractivity contribution in [2.24, 2.45) is 5.92 Å². The molecule has 1 aromatic rings. The fraction of sp³-hybridized carbons (Fsp3) is 0.538. The van der Waals surface area contributed by atoms with Gasteiger partial charge in [0.2, 0.25) is 5.91 Å². The molecule has 1 unspecified atom stereocenters. The van der Waals surface area contributed by atoms with Crippen LogP contribution >= 0.6 is 27.3 Å². The van der Waals surface area contributed by atoms with Crippen LogP contribution in [0.4, 0.5) is 0 Å². The maximum Gasteiger partial charge on any atom is 0.224 e. The monoisotopic (exact) mass is 344 g/mol. The zero-order chi connectivity index (χ0) is 13.8. The number of carbonyl (C=O) groups is 2. The molecule has 2 heterocycles. The zero-order valence-electron chi connectivity index (χ0n) is 10.8. The number of hydrogen-bond acceptors (Lipinski definition) is 4. The molecule has 0 saturated carbocycles. The van der Waals surface area contributed by atoms with Crippen LogP contribution in [0, 0.1) is 5.92 Å². The first kappa shape index (κ1) is 14.7. The van der Waals surface area contributed by atoms with Gasteiger partial charge in [0.1, 0.15) is 0 Å². The van der Waals surface area contributed by atoms with Gasteiger partial charge in [0, 0.05) is 13.6 Å². The summed E-state index contributed by atoms with van der Waals surface area (Å²) in [6.07, 6.45) is 1.88. The molecule has 2 rings (SSSR count). The molecule has 0 aliphatic carbocycles. The van der Waals surface area contributed by atoms with Gasteiger partial charge < -0.3 is 5.32 Å². The van der Waals surface area contributed by atoms with E-state index < -0.39 is 0 Å². The Bertz CT molecular complexity index is 475. The number of rotatable bonds is 4. The van der Waals surface area contributed by atoms with Crippen molar-refractivity contribution in [1.82, 2.24) is 10.2 Å². The number of piperidine rings is 1. The van der Waals surface area contributed by atoms with Crippen LogP contribution in [-0.4, -0.2) is 43.3 Å². The van der Waals surface area contributed by atoms with Gasteiger partial charge in [-0.25, -0.2) is 0 Å². The Hall–Kier alpha value is -0.720. The maximum absolute atomic E-state index is 12.1. The second kappa shape index (κ2) is 6.63. The first-order valence-corrected chi connectivity index (χ1v) is 7.93. The summed E-state index contributed by atoms with van der Waals surface area (Å²) in [6, 6.07) is 3.73. The summed E-state index contributed by atoms with van der Waals surface area (Å²) < 4.78 is 0.970. The number of amides is 1. The molecule has 1 aliphatic heterocycles. The minimum Gasteiger partial charge on any atom is -0.359 e. The molecule has 104 valence electrons. The third-order valence-electron chi connectivity index (χ3n) is 3.34. The third-order valence-corrected chi connectivity index (χ3v) is 5.00. The zero-order valence-corrected chi connectivity index (χ0v) is 13.2. The first-order chi connectivity index (χ1) is 9.10. The second-order valence-corrected chi connectivity index (χ2v) is 7.18. The van der Waals surface area contributed by atoms with E-state index in [-0.39, 0.29) is 17.6 Å². The molecule has 0 radical (unpaired) electrons. The van der Waals surface area contributed by atoms with Gasteiger partial charge in [0.05, 0.1) is 21.1 Å². The Morgan fingerprint density at radius 3 is 2.95 bits per heavy atom. The van der Waals surface area contributed by atoms with Crippen molar-refractivity contribution >= 4 is 39.0 Å². The van der Waals surface area contributed by atoms with Crippen LogP contribution in [0.15, 0.2) is 15.9 Å². The first-order valence-electron chi connectivity index (χ1n) is 6.32. The SMILES string of the molecule is CNC(=O)C1CCCN(CC(=O)c2ccc(Br)s2)C1. The lowest BCUT2D eigenvalue weighted by Crippen LogP contribution is -2.43. The number of hydrogen-bond donors (Lipinski definition) is 1. The van der Waals surface area contributed by atoms with Crippen molar-refractivity contribution in [3.63, 3.8) is 0 Å². The summed E-state index contributed by atoms with van der Waals surface area (Å²) >= 11 is 4.82. The Labute approximate surface area is 125 Å². The van der Waals surface area contributed by atoms with Crippen molar-refractivity contribution in [2.75, 3.05) is 26.7 Å². The predicted octanol–water partition coefficient (Wildman–Crippen LogP) is 2.15. The minimum absolute atomic E-state index is 0.0154. The molecule has 1 fully saturated rings. The summed E-state index contributed by atoms with van der Waals surface area (Å²) in [5.41, 5.74) is 0. The highest BCUT2D eigenvalue weighted by Crippen LogP contribution is 2.23. The molecule has 6 heteroatoms. The summed E-state index contributed by atoms with van der Waals surface area (Å²) in [7, 11) is 1.66. The Balaban J connectivity index is 1.92. The van der Waals surface area contributed by atoms with E-state index in [0.29, 0.717) is 13.1 Å². The van der Waals surface area contributed by atoms with Crippen molar-refractivity contribution in [3.05, 3.63) is 20.8 Å². The topological polar surface area (TPSA) is 49.4 Å². The lowest BCUT2D eigenvalue weighted by atomic mass is 9.97. The standard InChI is InChI=1S/C13H17BrN2O2S/c1-15-13(18)9-3-2-6-16(7-9)8-10(17)11-4-5-12(14)19-11/h4-5,9H,2-3,6-8H2,1H3,(H,15,18). The van der Waals surface area contributed by atoms with E-state index in [4.69, 9.17) is 0 Å². The predicted molar refractivity (Wildman–Crippen MR) is 79.6 cm³/mol. The summed E-state index contributed by atoms with van der Waals surface area (Å²) in [5.74, 6) is 0.228. The number of Topliss-reactive ketones (excluding diaryl/α,β-unsaturated/α-hetero) is 1. The van der Waals surface area contributed by atoms with Gasteiger partial charge >= 0.3 is 0 Å². The van der Waals surface area contributed by atoms with Crippen LogP contribution in [0.25, 0.3) is 0 Å². The van der Waals surface area contributed by atoms with Gasteiger partial charge in [0.25, 0.3) is 0 Å². The fourth-order valence-corrected chi connectivity index (χ4v) is 3.68. The molecule has 1 atom stereocenters. The Morgan fingerprint density at radius 2 is 2.32 bits per heavy atom. The van der Waals surface area contributed by atoms with Gasteiger partial charge in [-0.3, -0.25) is 14.5 Å². The molecular formula is C13H17BrN2O2S. The molecule has 0 bridgehead atoms. The molecule has 1 amide bonds. The average molecular weight is 345 g/mol. The molecular weight excluding hydrogens is 328 g/mol. The van der Waals surface area contributed by atoms with Crippen molar-refractivity contribution in [2.45, 2.75) is 12.8 Å². The van der Waals surface area contributed by atoms with Crippen LogP contribution in [0.2, 0.25) is 0 Å². The maximum atomic E-state index is 12.1. The smallest absolute Gasteiger partial charge is 0.224 e. The fourth-order valence-electron chi connectivity index (χ4n) is 2.36.